The van der Waals surface area contributed by atoms with Gasteiger partial charge in [0, 0.05) is 12.4 Å². The Labute approximate surface area is 72.0 Å². The van der Waals surface area contributed by atoms with Crippen LogP contribution in [0.1, 0.15) is 11.4 Å². The highest BCUT2D eigenvalue weighted by Gasteiger charge is 2.34. The van der Waals surface area contributed by atoms with E-state index in [9.17, 15) is 13.2 Å². The zero-order valence-corrected chi connectivity index (χ0v) is 6.91. The minimum atomic E-state index is -4.39. The van der Waals surface area contributed by atoms with E-state index < -0.39 is 11.9 Å². The summed E-state index contributed by atoms with van der Waals surface area (Å²) in [5.74, 6) is 0. The number of halogens is 3. The van der Waals surface area contributed by atoms with Gasteiger partial charge in [-0.25, -0.2) is 0 Å². The lowest BCUT2D eigenvalue weighted by Crippen LogP contribution is -2.06. The fourth-order valence-electron chi connectivity index (χ4n) is 0.731. The fourth-order valence-corrected chi connectivity index (χ4v) is 0.951. The molecule has 0 atom stereocenters. The van der Waals surface area contributed by atoms with Crippen LogP contribution in [0.25, 0.3) is 0 Å². The van der Waals surface area contributed by atoms with E-state index in [0.29, 0.717) is 0 Å². The Morgan fingerprint density at radius 3 is 2.42 bits per heavy atom. The monoisotopic (exact) mass is 194 g/mol. The number of nitrogens with zero attached hydrogens (tertiary/aromatic N) is 2. The molecule has 6 heteroatoms. The van der Waals surface area contributed by atoms with E-state index in [0.717, 1.165) is 16.1 Å². The molecule has 0 bridgehead atoms. The molecule has 0 saturated carbocycles. The van der Waals surface area contributed by atoms with Gasteiger partial charge in [-0.05, 0) is 6.07 Å². The Morgan fingerprint density at radius 1 is 1.58 bits per heavy atom. The minimum Gasteiger partial charge on any atom is -0.267 e. The molecule has 0 N–H and O–H groups in total. The quantitative estimate of drug-likeness (QED) is 0.634. The number of aromatic nitrogens is 2. The van der Waals surface area contributed by atoms with E-state index in [-0.39, 0.29) is 5.69 Å². The highest BCUT2D eigenvalue weighted by Crippen LogP contribution is 2.27. The van der Waals surface area contributed by atoms with Gasteiger partial charge in [-0.15, -0.1) is 0 Å². The van der Waals surface area contributed by atoms with E-state index in [1.165, 1.54) is 7.05 Å². The Balaban J connectivity index is 3.13. The van der Waals surface area contributed by atoms with Gasteiger partial charge in [0.25, 0.3) is 0 Å². The maximum Gasteiger partial charge on any atom is 0.435 e. The number of alkyl halides is 3. The number of aryl methyl sites for hydroxylation is 1. The molecule has 0 spiro atoms. The van der Waals surface area contributed by atoms with Crippen molar-refractivity contribution < 1.29 is 13.2 Å². The van der Waals surface area contributed by atoms with Crippen LogP contribution < -0.4 is 0 Å². The van der Waals surface area contributed by atoms with Gasteiger partial charge in [0.2, 0.25) is 0 Å². The van der Waals surface area contributed by atoms with Gasteiger partial charge in [-0.3, -0.25) is 4.68 Å². The van der Waals surface area contributed by atoms with Crippen molar-refractivity contribution in [2.24, 2.45) is 7.05 Å². The van der Waals surface area contributed by atoms with E-state index >= 15 is 0 Å². The summed E-state index contributed by atoms with van der Waals surface area (Å²) in [5, 5.41) is 4.40. The van der Waals surface area contributed by atoms with Gasteiger partial charge >= 0.3 is 6.18 Å². The minimum absolute atomic E-state index is 0.275. The third kappa shape index (κ3) is 1.63. The Morgan fingerprint density at radius 2 is 2.17 bits per heavy atom. The van der Waals surface area contributed by atoms with Crippen LogP contribution >= 0.6 is 12.2 Å². The van der Waals surface area contributed by atoms with Crippen molar-refractivity contribution in [1.82, 2.24) is 9.78 Å². The van der Waals surface area contributed by atoms with E-state index in [1.54, 1.807) is 0 Å². The summed E-state index contributed by atoms with van der Waals surface area (Å²) in [6, 6.07) is 0.910. The van der Waals surface area contributed by atoms with Gasteiger partial charge in [0.05, 0.1) is 5.69 Å². The van der Waals surface area contributed by atoms with E-state index in [4.69, 9.17) is 0 Å². The van der Waals surface area contributed by atoms with Gasteiger partial charge in [0.1, 0.15) is 0 Å². The molecule has 0 aliphatic carbocycles. The molecular weight excluding hydrogens is 189 g/mol. The van der Waals surface area contributed by atoms with Crippen molar-refractivity contribution in [2.75, 3.05) is 0 Å². The summed E-state index contributed by atoms with van der Waals surface area (Å²) in [7, 11) is 1.41. The Kier molecular flexibility index (Phi) is 2.18. The first-order valence-electron chi connectivity index (χ1n) is 3.01. The van der Waals surface area contributed by atoms with Crippen LogP contribution in [-0.2, 0) is 13.2 Å². The molecule has 0 aliphatic rings. The maximum atomic E-state index is 12.0. The molecular formula is C6H5F3N2S. The average molecular weight is 194 g/mol. The largest absolute Gasteiger partial charge is 0.435 e. The van der Waals surface area contributed by atoms with Crippen molar-refractivity contribution >= 4 is 17.6 Å². The predicted molar refractivity (Wildman–Crippen MR) is 41.0 cm³/mol. The van der Waals surface area contributed by atoms with Crippen LogP contribution in [-0.4, -0.2) is 15.1 Å². The topological polar surface area (TPSA) is 17.8 Å². The number of hydrogen-bond donors (Lipinski definition) is 0. The van der Waals surface area contributed by atoms with Gasteiger partial charge in [0.15, 0.2) is 5.69 Å². The van der Waals surface area contributed by atoms with Crippen molar-refractivity contribution in [1.29, 1.82) is 0 Å². The van der Waals surface area contributed by atoms with Crippen molar-refractivity contribution in [3.63, 3.8) is 0 Å². The molecule has 1 rings (SSSR count). The first-order chi connectivity index (χ1) is 5.45. The van der Waals surface area contributed by atoms with Crippen molar-refractivity contribution in [2.45, 2.75) is 6.18 Å². The molecule has 1 aromatic heterocycles. The van der Waals surface area contributed by atoms with Crippen LogP contribution in [0.4, 0.5) is 13.2 Å². The Hall–Kier alpha value is -0.910. The molecule has 0 unspecified atom stereocenters. The summed E-state index contributed by atoms with van der Waals surface area (Å²) >= 11 is 4.49. The molecule has 0 aromatic carbocycles. The molecule has 66 valence electrons. The summed E-state index contributed by atoms with van der Waals surface area (Å²) in [6.07, 6.45) is -4.39. The number of thiocarbonyl (C=S) groups is 1. The molecule has 1 aromatic rings. The molecule has 2 nitrogen and oxygen atoms in total. The van der Waals surface area contributed by atoms with Crippen LogP contribution in [0, 0.1) is 0 Å². The van der Waals surface area contributed by atoms with Gasteiger partial charge < -0.3 is 0 Å². The van der Waals surface area contributed by atoms with Gasteiger partial charge in [-0.2, -0.15) is 18.3 Å². The molecule has 0 saturated heterocycles. The lowest BCUT2D eigenvalue weighted by molar-refractivity contribution is -0.141. The highest BCUT2D eigenvalue weighted by atomic mass is 32.1. The normalized spacial score (nSPS) is 11.7. The zero-order valence-electron chi connectivity index (χ0n) is 6.09. The summed E-state index contributed by atoms with van der Waals surface area (Å²) in [6.45, 7) is 0. The lowest BCUT2D eigenvalue weighted by atomic mass is 10.4. The second-order valence-electron chi connectivity index (χ2n) is 2.19. The molecule has 0 radical (unpaired) electrons. The molecule has 0 amide bonds. The standard InChI is InChI=1S/C6H5F3N2S/c1-11-4(3-12)2-5(10-11)6(7,8)9/h2-3H,1H3. The number of hydrogen-bond acceptors (Lipinski definition) is 2. The third-order valence-electron chi connectivity index (χ3n) is 1.33. The predicted octanol–water partition coefficient (Wildman–Crippen LogP) is 1.79. The first kappa shape index (κ1) is 9.18. The first-order valence-corrected chi connectivity index (χ1v) is 3.48. The molecule has 1 heterocycles. The molecule has 0 aliphatic heterocycles. The highest BCUT2D eigenvalue weighted by molar-refractivity contribution is 7.79. The van der Waals surface area contributed by atoms with E-state index in [2.05, 4.69) is 17.3 Å². The van der Waals surface area contributed by atoms with Crippen LogP contribution in [0.2, 0.25) is 0 Å². The van der Waals surface area contributed by atoms with Crippen molar-refractivity contribution in [3.8, 4) is 0 Å². The summed E-state index contributed by atoms with van der Waals surface area (Å²) in [5.41, 5.74) is -0.640. The lowest BCUT2D eigenvalue weighted by Gasteiger charge is -1.98. The Bertz CT molecular complexity index is 302. The summed E-state index contributed by atoms with van der Waals surface area (Å²) < 4.78 is 37.1. The SMILES string of the molecule is Cn1nc(C(F)(F)F)cc1C=S. The average Bonchev–Trinajstić information content (AvgIpc) is 2.29. The van der Waals surface area contributed by atoms with Crippen LogP contribution in [0.15, 0.2) is 6.07 Å². The summed E-state index contributed by atoms with van der Waals surface area (Å²) in [4.78, 5) is 0. The zero-order chi connectivity index (χ0) is 9.35. The third-order valence-corrected chi connectivity index (χ3v) is 1.57. The fraction of sp³-hybridized carbons (Fsp3) is 0.333. The maximum absolute atomic E-state index is 12.0. The molecule has 0 fully saturated rings. The number of rotatable bonds is 1. The molecule has 12 heavy (non-hydrogen) atoms. The van der Waals surface area contributed by atoms with E-state index in [1.807, 2.05) is 0 Å². The van der Waals surface area contributed by atoms with Crippen molar-refractivity contribution in [3.05, 3.63) is 17.5 Å². The van der Waals surface area contributed by atoms with Gasteiger partial charge in [-0.1, -0.05) is 12.2 Å². The second kappa shape index (κ2) is 2.85. The van der Waals surface area contributed by atoms with Crippen LogP contribution in [0.3, 0.4) is 0 Å². The smallest absolute Gasteiger partial charge is 0.267 e. The van der Waals surface area contributed by atoms with Crippen LogP contribution in [0.5, 0.6) is 0 Å². The second-order valence-corrected chi connectivity index (χ2v) is 2.43.